The van der Waals surface area contributed by atoms with Crippen molar-refractivity contribution in [1.82, 2.24) is 5.32 Å². The van der Waals surface area contributed by atoms with Gasteiger partial charge >= 0.3 is 5.97 Å². The molecule has 1 saturated heterocycles. The molecular weight excluding hydrogens is 284 g/mol. The molecule has 106 valence electrons. The van der Waals surface area contributed by atoms with Gasteiger partial charge in [0.25, 0.3) is 0 Å². The molecule has 6 nitrogen and oxygen atoms in total. The van der Waals surface area contributed by atoms with E-state index in [1.165, 1.54) is 0 Å². The molecule has 1 aliphatic heterocycles. The summed E-state index contributed by atoms with van der Waals surface area (Å²) in [6, 6.07) is 5.62. The van der Waals surface area contributed by atoms with E-state index >= 15 is 0 Å². The van der Waals surface area contributed by atoms with Gasteiger partial charge in [-0.25, -0.2) is 0 Å². The molecule has 0 saturated carbocycles. The van der Waals surface area contributed by atoms with Crippen molar-refractivity contribution in [2.75, 3.05) is 11.4 Å². The van der Waals surface area contributed by atoms with Gasteiger partial charge in [0.1, 0.15) is 12.6 Å². The van der Waals surface area contributed by atoms with Gasteiger partial charge in [0.15, 0.2) is 0 Å². The Kier molecular flexibility index (Phi) is 4.24. The molecule has 20 heavy (non-hydrogen) atoms. The first kappa shape index (κ1) is 14.3. The van der Waals surface area contributed by atoms with Gasteiger partial charge in [-0.15, -0.1) is 0 Å². The Morgan fingerprint density at radius 2 is 2.00 bits per heavy atom. The number of hydrogen-bond acceptors (Lipinski definition) is 3. The van der Waals surface area contributed by atoms with Gasteiger partial charge in [0.05, 0.1) is 0 Å². The Labute approximate surface area is 120 Å². The predicted octanol–water partition coefficient (Wildman–Crippen LogP) is 1.04. The molecule has 1 heterocycles. The van der Waals surface area contributed by atoms with Crippen molar-refractivity contribution < 1.29 is 19.5 Å². The number of carbonyl (C=O) groups is 3. The van der Waals surface area contributed by atoms with Gasteiger partial charge < -0.3 is 10.4 Å². The highest BCUT2D eigenvalue weighted by Gasteiger charge is 2.32. The predicted molar refractivity (Wildman–Crippen MR) is 72.6 cm³/mol. The molecule has 0 aromatic heterocycles. The van der Waals surface area contributed by atoms with Crippen LogP contribution in [0.4, 0.5) is 5.69 Å². The van der Waals surface area contributed by atoms with Crippen LogP contribution >= 0.6 is 11.6 Å². The molecule has 1 aliphatic rings. The van der Waals surface area contributed by atoms with E-state index in [2.05, 4.69) is 5.32 Å². The second-order valence-corrected chi connectivity index (χ2v) is 4.89. The largest absolute Gasteiger partial charge is 0.480 e. The minimum Gasteiger partial charge on any atom is -0.480 e. The fourth-order valence-corrected chi connectivity index (χ4v) is 2.17. The van der Waals surface area contributed by atoms with E-state index in [0.717, 1.165) is 4.90 Å². The molecule has 2 rings (SSSR count). The minimum atomic E-state index is -1.13. The van der Waals surface area contributed by atoms with Crippen LogP contribution in [0.1, 0.15) is 12.8 Å². The summed E-state index contributed by atoms with van der Waals surface area (Å²) in [4.78, 5) is 35.6. The van der Waals surface area contributed by atoms with Gasteiger partial charge in [-0.05, 0) is 30.7 Å². The van der Waals surface area contributed by atoms with Crippen LogP contribution in [0.2, 0.25) is 5.02 Å². The lowest BCUT2D eigenvalue weighted by atomic mass is 10.2. The number of nitrogens with one attached hydrogen (secondary N) is 1. The van der Waals surface area contributed by atoms with Crippen LogP contribution in [-0.2, 0) is 14.4 Å². The standard InChI is InChI=1S/C13H13ClN2O4/c14-8-1-3-9(4-2-8)16(7-12(18)19)13(20)10-5-6-11(17)15-10/h1-4,10H,5-7H2,(H,15,17)(H,18,19)/t10-/m0/s1. The van der Waals surface area contributed by atoms with Crippen LogP contribution in [0.25, 0.3) is 0 Å². The zero-order valence-corrected chi connectivity index (χ0v) is 11.3. The van der Waals surface area contributed by atoms with E-state index in [4.69, 9.17) is 16.7 Å². The summed E-state index contributed by atoms with van der Waals surface area (Å²) in [5, 5.41) is 12.0. The van der Waals surface area contributed by atoms with Crippen LogP contribution < -0.4 is 10.2 Å². The van der Waals surface area contributed by atoms with Crippen molar-refractivity contribution in [3.8, 4) is 0 Å². The quantitative estimate of drug-likeness (QED) is 0.869. The van der Waals surface area contributed by atoms with E-state index < -0.39 is 24.5 Å². The molecule has 0 unspecified atom stereocenters. The van der Waals surface area contributed by atoms with Crippen molar-refractivity contribution in [2.24, 2.45) is 0 Å². The Hall–Kier alpha value is -2.08. The molecular formula is C13H13ClN2O4. The molecule has 2 amide bonds. The maximum Gasteiger partial charge on any atom is 0.323 e. The Morgan fingerprint density at radius 3 is 2.50 bits per heavy atom. The third-order valence-electron chi connectivity index (χ3n) is 2.99. The molecule has 7 heteroatoms. The number of carboxylic acids is 1. The lowest BCUT2D eigenvalue weighted by Crippen LogP contribution is -2.46. The highest BCUT2D eigenvalue weighted by Crippen LogP contribution is 2.20. The van der Waals surface area contributed by atoms with Gasteiger partial charge in [0, 0.05) is 17.1 Å². The normalized spacial score (nSPS) is 17.6. The van der Waals surface area contributed by atoms with Gasteiger partial charge in [0.2, 0.25) is 11.8 Å². The number of hydrogen-bond donors (Lipinski definition) is 2. The summed E-state index contributed by atoms with van der Waals surface area (Å²) in [5.41, 5.74) is 0.433. The van der Waals surface area contributed by atoms with Crippen molar-refractivity contribution in [3.05, 3.63) is 29.3 Å². The minimum absolute atomic E-state index is 0.199. The number of rotatable bonds is 4. The summed E-state index contributed by atoms with van der Waals surface area (Å²) >= 11 is 5.77. The lowest BCUT2D eigenvalue weighted by Gasteiger charge is -2.24. The number of carboxylic acid groups (broad SMARTS) is 1. The zero-order chi connectivity index (χ0) is 14.7. The number of benzene rings is 1. The van der Waals surface area contributed by atoms with Crippen molar-refractivity contribution in [3.63, 3.8) is 0 Å². The highest BCUT2D eigenvalue weighted by molar-refractivity contribution is 6.30. The number of amides is 2. The maximum absolute atomic E-state index is 12.3. The first-order valence-corrected chi connectivity index (χ1v) is 6.43. The lowest BCUT2D eigenvalue weighted by molar-refractivity contribution is -0.136. The van der Waals surface area contributed by atoms with Crippen molar-refractivity contribution in [2.45, 2.75) is 18.9 Å². The molecule has 1 atom stereocenters. The second kappa shape index (κ2) is 5.92. The van der Waals surface area contributed by atoms with E-state index in [9.17, 15) is 14.4 Å². The Bertz CT molecular complexity index is 544. The van der Waals surface area contributed by atoms with Crippen LogP contribution in [0.3, 0.4) is 0 Å². The zero-order valence-electron chi connectivity index (χ0n) is 10.5. The monoisotopic (exact) mass is 296 g/mol. The highest BCUT2D eigenvalue weighted by atomic mass is 35.5. The van der Waals surface area contributed by atoms with Crippen molar-refractivity contribution in [1.29, 1.82) is 0 Å². The van der Waals surface area contributed by atoms with Crippen molar-refractivity contribution >= 4 is 35.1 Å². The summed E-state index contributed by atoms with van der Waals surface area (Å²) < 4.78 is 0. The van der Waals surface area contributed by atoms with Crippen LogP contribution in [0.15, 0.2) is 24.3 Å². The van der Waals surface area contributed by atoms with Gasteiger partial charge in [-0.2, -0.15) is 0 Å². The van der Waals surface area contributed by atoms with E-state index in [1.54, 1.807) is 24.3 Å². The Balaban J connectivity index is 2.22. The van der Waals surface area contributed by atoms with Crippen LogP contribution in [0, 0.1) is 0 Å². The molecule has 0 bridgehead atoms. The van der Waals surface area contributed by atoms with E-state index in [0.29, 0.717) is 17.1 Å². The van der Waals surface area contributed by atoms with Gasteiger partial charge in [-0.1, -0.05) is 11.6 Å². The SMILES string of the molecule is O=C(O)CN(C(=O)[C@@H]1CCC(=O)N1)c1ccc(Cl)cc1. The molecule has 0 aliphatic carbocycles. The summed E-state index contributed by atoms with van der Waals surface area (Å²) in [7, 11) is 0. The smallest absolute Gasteiger partial charge is 0.323 e. The summed E-state index contributed by atoms with van der Waals surface area (Å²) in [6.07, 6.45) is 0.652. The van der Waals surface area contributed by atoms with E-state index in [-0.39, 0.29) is 12.3 Å². The number of anilines is 1. The summed E-state index contributed by atoms with van der Waals surface area (Å²) in [5.74, 6) is -1.76. The number of halogens is 1. The second-order valence-electron chi connectivity index (χ2n) is 4.45. The third kappa shape index (κ3) is 3.27. The average molecular weight is 297 g/mol. The van der Waals surface area contributed by atoms with Crippen LogP contribution in [0.5, 0.6) is 0 Å². The molecule has 1 aromatic rings. The maximum atomic E-state index is 12.3. The first-order chi connectivity index (χ1) is 9.47. The fourth-order valence-electron chi connectivity index (χ4n) is 2.04. The number of carbonyl (C=O) groups excluding carboxylic acids is 2. The average Bonchev–Trinajstić information content (AvgIpc) is 2.83. The molecule has 1 aromatic carbocycles. The third-order valence-corrected chi connectivity index (χ3v) is 3.24. The molecule has 0 spiro atoms. The summed E-state index contributed by atoms with van der Waals surface area (Å²) in [6.45, 7) is -0.465. The molecule has 1 fully saturated rings. The van der Waals surface area contributed by atoms with Crippen LogP contribution in [-0.4, -0.2) is 35.5 Å². The molecule has 0 radical (unpaired) electrons. The fraction of sp³-hybridized carbons (Fsp3) is 0.308. The number of nitrogens with zero attached hydrogens (tertiary/aromatic N) is 1. The molecule has 2 N–H and O–H groups in total. The Morgan fingerprint density at radius 1 is 1.35 bits per heavy atom. The topological polar surface area (TPSA) is 86.7 Å². The number of aliphatic carboxylic acids is 1. The van der Waals surface area contributed by atoms with Gasteiger partial charge in [-0.3, -0.25) is 19.3 Å². The first-order valence-electron chi connectivity index (χ1n) is 6.05. The van der Waals surface area contributed by atoms with E-state index in [1.807, 2.05) is 0 Å².